The molecule has 0 bridgehead atoms. The minimum Gasteiger partial charge on any atom is -0.385 e. The second-order valence-corrected chi connectivity index (χ2v) is 5.61. The minimum atomic E-state index is 0.772. The lowest BCUT2D eigenvalue weighted by Crippen LogP contribution is -2.33. The van der Waals surface area contributed by atoms with Gasteiger partial charge in [0.15, 0.2) is 0 Å². The first-order valence-electron chi connectivity index (χ1n) is 7.45. The van der Waals surface area contributed by atoms with Crippen LogP contribution in [0, 0.1) is 5.92 Å². The Morgan fingerprint density at radius 3 is 2.65 bits per heavy atom. The van der Waals surface area contributed by atoms with Gasteiger partial charge >= 0.3 is 0 Å². The zero-order chi connectivity index (χ0) is 13.8. The topological polar surface area (TPSA) is 24.1 Å². The van der Waals surface area contributed by atoms with E-state index in [0.717, 1.165) is 31.2 Å². The molecule has 2 N–H and O–H groups in total. The van der Waals surface area contributed by atoms with Gasteiger partial charge in [-0.2, -0.15) is 0 Å². The van der Waals surface area contributed by atoms with Gasteiger partial charge in [-0.3, -0.25) is 0 Å². The molecule has 2 nitrogen and oxygen atoms in total. The van der Waals surface area contributed by atoms with Crippen molar-refractivity contribution >= 4 is 16.5 Å². The van der Waals surface area contributed by atoms with Gasteiger partial charge in [0.2, 0.25) is 0 Å². The van der Waals surface area contributed by atoms with Gasteiger partial charge in [-0.1, -0.05) is 43.0 Å². The Hall–Kier alpha value is -1.80. The van der Waals surface area contributed by atoms with Crippen LogP contribution >= 0.6 is 0 Å². The standard InChI is InChI=1S/C18H22N2/c1-14(20-13-15-8-10-19-11-9-15)17-7-6-16-4-2-3-5-18(16)12-17/h2-7,12,15,19-20H,1,8-11,13H2. The van der Waals surface area contributed by atoms with Gasteiger partial charge in [0.1, 0.15) is 0 Å². The summed E-state index contributed by atoms with van der Waals surface area (Å²) < 4.78 is 0. The second kappa shape index (κ2) is 6.10. The van der Waals surface area contributed by atoms with Crippen molar-refractivity contribution in [1.29, 1.82) is 0 Å². The summed E-state index contributed by atoms with van der Waals surface area (Å²) in [4.78, 5) is 0. The SMILES string of the molecule is C=C(NCC1CCNCC1)c1ccc2ccccc2c1. The van der Waals surface area contributed by atoms with Gasteiger partial charge in [0, 0.05) is 12.2 Å². The van der Waals surface area contributed by atoms with Crippen LogP contribution in [-0.2, 0) is 0 Å². The minimum absolute atomic E-state index is 0.772. The molecular weight excluding hydrogens is 244 g/mol. The van der Waals surface area contributed by atoms with E-state index >= 15 is 0 Å². The number of nitrogens with one attached hydrogen (secondary N) is 2. The molecule has 0 saturated carbocycles. The normalized spacial score (nSPS) is 16.2. The number of benzene rings is 2. The summed E-state index contributed by atoms with van der Waals surface area (Å²) in [5.41, 5.74) is 2.23. The van der Waals surface area contributed by atoms with E-state index < -0.39 is 0 Å². The van der Waals surface area contributed by atoms with E-state index in [1.54, 1.807) is 0 Å². The maximum atomic E-state index is 4.19. The summed E-state index contributed by atoms with van der Waals surface area (Å²) >= 11 is 0. The van der Waals surface area contributed by atoms with Crippen LogP contribution in [-0.4, -0.2) is 19.6 Å². The smallest absolute Gasteiger partial charge is 0.0341 e. The van der Waals surface area contributed by atoms with Crippen LogP contribution < -0.4 is 10.6 Å². The van der Waals surface area contributed by atoms with Gasteiger partial charge in [0.05, 0.1) is 0 Å². The van der Waals surface area contributed by atoms with E-state index in [2.05, 4.69) is 59.7 Å². The van der Waals surface area contributed by atoms with Crippen LogP contribution in [0.15, 0.2) is 49.0 Å². The van der Waals surface area contributed by atoms with E-state index in [-0.39, 0.29) is 0 Å². The molecule has 1 aliphatic rings. The summed E-state index contributed by atoms with van der Waals surface area (Å²) in [5, 5.41) is 9.47. The monoisotopic (exact) mass is 266 g/mol. The number of piperidine rings is 1. The first kappa shape index (κ1) is 13.2. The highest BCUT2D eigenvalue weighted by atomic mass is 14.9. The van der Waals surface area contributed by atoms with Crippen molar-refractivity contribution in [2.75, 3.05) is 19.6 Å². The molecule has 0 amide bonds. The van der Waals surface area contributed by atoms with Crippen LogP contribution in [0.5, 0.6) is 0 Å². The van der Waals surface area contributed by atoms with Crippen molar-refractivity contribution in [1.82, 2.24) is 10.6 Å². The maximum absolute atomic E-state index is 4.19. The zero-order valence-corrected chi connectivity index (χ0v) is 11.9. The van der Waals surface area contributed by atoms with Crippen molar-refractivity contribution in [2.45, 2.75) is 12.8 Å². The Bertz CT molecular complexity index is 597. The molecule has 0 unspecified atom stereocenters. The molecule has 0 aliphatic carbocycles. The number of rotatable bonds is 4. The van der Waals surface area contributed by atoms with Gasteiger partial charge in [-0.05, 0) is 54.3 Å². The highest BCUT2D eigenvalue weighted by molar-refractivity contribution is 5.85. The molecule has 0 atom stereocenters. The van der Waals surface area contributed by atoms with E-state index in [1.165, 1.54) is 29.2 Å². The molecule has 104 valence electrons. The molecule has 1 saturated heterocycles. The molecule has 2 heteroatoms. The third-order valence-electron chi connectivity index (χ3n) is 4.16. The number of fused-ring (bicyclic) bond motifs is 1. The first-order chi connectivity index (χ1) is 9.83. The summed E-state index contributed by atoms with van der Waals surface area (Å²) in [6.07, 6.45) is 2.52. The molecule has 1 heterocycles. The van der Waals surface area contributed by atoms with Gasteiger partial charge in [0.25, 0.3) is 0 Å². The molecule has 0 radical (unpaired) electrons. The van der Waals surface area contributed by atoms with E-state index in [0.29, 0.717) is 0 Å². The fourth-order valence-electron chi connectivity index (χ4n) is 2.83. The van der Waals surface area contributed by atoms with Gasteiger partial charge in [-0.25, -0.2) is 0 Å². The predicted octanol–water partition coefficient (Wildman–Crippen LogP) is 3.40. The summed E-state index contributed by atoms with van der Waals surface area (Å²) in [5.74, 6) is 0.772. The third kappa shape index (κ3) is 3.02. The Morgan fingerprint density at radius 2 is 1.85 bits per heavy atom. The lowest BCUT2D eigenvalue weighted by atomic mass is 9.98. The molecule has 0 spiro atoms. The average molecular weight is 266 g/mol. The van der Waals surface area contributed by atoms with Crippen LogP contribution in [0.4, 0.5) is 0 Å². The lowest BCUT2D eigenvalue weighted by Gasteiger charge is -2.23. The lowest BCUT2D eigenvalue weighted by molar-refractivity contribution is 0.371. The van der Waals surface area contributed by atoms with Crippen molar-refractivity contribution in [3.8, 4) is 0 Å². The Morgan fingerprint density at radius 1 is 1.10 bits per heavy atom. The van der Waals surface area contributed by atoms with E-state index in [4.69, 9.17) is 0 Å². The summed E-state index contributed by atoms with van der Waals surface area (Å²) in [6.45, 7) is 7.52. The zero-order valence-electron chi connectivity index (χ0n) is 11.9. The van der Waals surface area contributed by atoms with Crippen molar-refractivity contribution in [2.24, 2.45) is 5.92 Å². The largest absolute Gasteiger partial charge is 0.385 e. The maximum Gasteiger partial charge on any atom is 0.0341 e. The average Bonchev–Trinajstić information content (AvgIpc) is 2.53. The molecule has 2 aromatic rings. The van der Waals surface area contributed by atoms with E-state index in [1.807, 2.05) is 0 Å². The number of hydrogen-bond donors (Lipinski definition) is 2. The third-order valence-corrected chi connectivity index (χ3v) is 4.16. The van der Waals surface area contributed by atoms with E-state index in [9.17, 15) is 0 Å². The fourth-order valence-corrected chi connectivity index (χ4v) is 2.83. The van der Waals surface area contributed by atoms with Crippen molar-refractivity contribution < 1.29 is 0 Å². The van der Waals surface area contributed by atoms with Crippen LogP contribution in [0.1, 0.15) is 18.4 Å². The Balaban J connectivity index is 1.65. The first-order valence-corrected chi connectivity index (χ1v) is 7.45. The predicted molar refractivity (Wildman–Crippen MR) is 86.6 cm³/mol. The second-order valence-electron chi connectivity index (χ2n) is 5.61. The van der Waals surface area contributed by atoms with Crippen molar-refractivity contribution in [3.63, 3.8) is 0 Å². The van der Waals surface area contributed by atoms with Crippen LogP contribution in [0.2, 0.25) is 0 Å². The van der Waals surface area contributed by atoms with Gasteiger partial charge in [-0.15, -0.1) is 0 Å². The van der Waals surface area contributed by atoms with Gasteiger partial charge < -0.3 is 10.6 Å². The molecule has 1 fully saturated rings. The van der Waals surface area contributed by atoms with Crippen molar-refractivity contribution in [3.05, 3.63) is 54.6 Å². The van der Waals surface area contributed by atoms with Crippen LogP contribution in [0.3, 0.4) is 0 Å². The Labute approximate surface area is 120 Å². The number of hydrogen-bond acceptors (Lipinski definition) is 2. The molecule has 1 aliphatic heterocycles. The summed E-state index contributed by atoms with van der Waals surface area (Å²) in [6, 6.07) is 15.0. The molecule has 0 aromatic heterocycles. The summed E-state index contributed by atoms with van der Waals surface area (Å²) in [7, 11) is 0. The Kier molecular flexibility index (Phi) is 4.03. The highest BCUT2D eigenvalue weighted by Crippen LogP contribution is 2.19. The highest BCUT2D eigenvalue weighted by Gasteiger charge is 2.12. The molecule has 20 heavy (non-hydrogen) atoms. The molecular formula is C18H22N2. The molecule has 3 rings (SSSR count). The fraction of sp³-hybridized carbons (Fsp3) is 0.333. The van der Waals surface area contributed by atoms with Crippen LogP contribution in [0.25, 0.3) is 16.5 Å². The quantitative estimate of drug-likeness (QED) is 0.886. The molecule has 2 aromatic carbocycles.